The largest absolute Gasteiger partial charge is 0.367 e. The van der Waals surface area contributed by atoms with Crippen LogP contribution >= 0.6 is 0 Å². The summed E-state index contributed by atoms with van der Waals surface area (Å²) in [5, 5.41) is 3.73. The van der Waals surface area contributed by atoms with Crippen LogP contribution in [-0.2, 0) is 0 Å². The van der Waals surface area contributed by atoms with Crippen molar-refractivity contribution in [1.29, 1.82) is 0 Å². The molecule has 0 aliphatic heterocycles. The Balaban J connectivity index is 1.96. The molecule has 0 amide bonds. The van der Waals surface area contributed by atoms with Crippen molar-refractivity contribution in [3.8, 4) is 11.1 Å². The van der Waals surface area contributed by atoms with Gasteiger partial charge in [0.1, 0.15) is 0 Å². The van der Waals surface area contributed by atoms with Crippen molar-refractivity contribution in [2.75, 3.05) is 5.73 Å². The second kappa shape index (κ2) is 4.24. The number of benzene rings is 1. The highest BCUT2D eigenvalue weighted by atomic mass is 16.5. The zero-order chi connectivity index (χ0) is 11.7. The molecule has 0 spiro atoms. The van der Waals surface area contributed by atoms with Gasteiger partial charge in [0.2, 0.25) is 5.88 Å². The summed E-state index contributed by atoms with van der Waals surface area (Å²) in [5.74, 6) is 1.12. The molecule has 1 saturated carbocycles. The zero-order valence-electron chi connectivity index (χ0n) is 9.73. The number of hydrogen-bond acceptors (Lipinski definition) is 3. The van der Waals surface area contributed by atoms with Crippen molar-refractivity contribution in [1.82, 2.24) is 5.16 Å². The Hall–Kier alpha value is -1.77. The molecule has 1 heterocycles. The third-order valence-electron chi connectivity index (χ3n) is 3.62. The molecule has 1 fully saturated rings. The number of nitrogen functional groups attached to an aromatic ring is 1. The maximum absolute atomic E-state index is 5.75. The maximum Gasteiger partial charge on any atom is 0.229 e. The van der Waals surface area contributed by atoms with Gasteiger partial charge in [-0.25, -0.2) is 0 Å². The summed E-state index contributed by atoms with van der Waals surface area (Å²) in [7, 11) is 0. The lowest BCUT2D eigenvalue weighted by atomic mass is 9.94. The van der Waals surface area contributed by atoms with Crippen molar-refractivity contribution < 1.29 is 4.52 Å². The SMILES string of the molecule is Nc1oncc1-c1cccc(C2CCCC2)c1. The highest BCUT2D eigenvalue weighted by molar-refractivity contribution is 5.72. The highest BCUT2D eigenvalue weighted by Gasteiger charge is 2.17. The summed E-state index contributed by atoms with van der Waals surface area (Å²) in [6.07, 6.45) is 7.00. The molecule has 0 bridgehead atoms. The van der Waals surface area contributed by atoms with E-state index in [9.17, 15) is 0 Å². The Labute approximate surface area is 101 Å². The van der Waals surface area contributed by atoms with Crippen molar-refractivity contribution in [3.63, 3.8) is 0 Å². The molecule has 1 aliphatic carbocycles. The first-order chi connectivity index (χ1) is 8.34. The van der Waals surface area contributed by atoms with E-state index >= 15 is 0 Å². The Bertz CT molecular complexity index is 512. The van der Waals surface area contributed by atoms with E-state index in [0.29, 0.717) is 5.88 Å². The van der Waals surface area contributed by atoms with E-state index in [4.69, 9.17) is 10.3 Å². The van der Waals surface area contributed by atoms with Gasteiger partial charge in [-0.05, 0) is 29.9 Å². The molecule has 0 unspecified atom stereocenters. The quantitative estimate of drug-likeness (QED) is 0.854. The molecule has 2 N–H and O–H groups in total. The average molecular weight is 228 g/mol. The van der Waals surface area contributed by atoms with Crippen molar-refractivity contribution >= 4 is 5.88 Å². The van der Waals surface area contributed by atoms with Crippen LogP contribution in [0.25, 0.3) is 11.1 Å². The predicted molar refractivity (Wildman–Crippen MR) is 67.6 cm³/mol. The zero-order valence-corrected chi connectivity index (χ0v) is 9.73. The summed E-state index contributed by atoms with van der Waals surface area (Å²) < 4.78 is 4.91. The molecule has 2 aromatic rings. The topological polar surface area (TPSA) is 52.0 Å². The van der Waals surface area contributed by atoms with E-state index in [1.54, 1.807) is 6.20 Å². The molecule has 17 heavy (non-hydrogen) atoms. The summed E-state index contributed by atoms with van der Waals surface area (Å²) in [6.45, 7) is 0. The third-order valence-corrected chi connectivity index (χ3v) is 3.62. The van der Waals surface area contributed by atoms with Gasteiger partial charge in [0, 0.05) is 0 Å². The fourth-order valence-electron chi connectivity index (χ4n) is 2.68. The van der Waals surface area contributed by atoms with E-state index in [2.05, 4.69) is 29.4 Å². The van der Waals surface area contributed by atoms with Crippen LogP contribution in [0.15, 0.2) is 35.0 Å². The summed E-state index contributed by atoms with van der Waals surface area (Å²) in [4.78, 5) is 0. The van der Waals surface area contributed by atoms with Crippen LogP contribution in [0.4, 0.5) is 5.88 Å². The van der Waals surface area contributed by atoms with Crippen LogP contribution in [0.1, 0.15) is 37.2 Å². The number of anilines is 1. The molecule has 0 radical (unpaired) electrons. The van der Waals surface area contributed by atoms with Crippen molar-refractivity contribution in [3.05, 3.63) is 36.0 Å². The molecule has 88 valence electrons. The maximum atomic E-state index is 5.75. The second-order valence-corrected chi connectivity index (χ2v) is 4.71. The Kier molecular flexibility index (Phi) is 2.59. The molecule has 1 aromatic carbocycles. The average Bonchev–Trinajstić information content (AvgIpc) is 2.99. The van der Waals surface area contributed by atoms with E-state index in [0.717, 1.165) is 17.0 Å². The normalized spacial score (nSPS) is 16.5. The lowest BCUT2D eigenvalue weighted by Gasteiger charge is -2.10. The number of nitrogens with zero attached hydrogens (tertiary/aromatic N) is 1. The fourth-order valence-corrected chi connectivity index (χ4v) is 2.68. The van der Waals surface area contributed by atoms with E-state index < -0.39 is 0 Å². The first-order valence-corrected chi connectivity index (χ1v) is 6.15. The van der Waals surface area contributed by atoms with E-state index in [-0.39, 0.29) is 0 Å². The summed E-state index contributed by atoms with van der Waals surface area (Å²) in [5.41, 5.74) is 9.16. The van der Waals surface area contributed by atoms with Crippen molar-refractivity contribution in [2.45, 2.75) is 31.6 Å². The molecule has 0 atom stereocenters. The number of nitrogens with two attached hydrogens (primary N) is 1. The molecule has 1 aromatic heterocycles. The van der Waals surface area contributed by atoms with Gasteiger partial charge in [-0.1, -0.05) is 42.3 Å². The van der Waals surface area contributed by atoms with Gasteiger partial charge >= 0.3 is 0 Å². The molecule has 3 nitrogen and oxygen atoms in total. The van der Waals surface area contributed by atoms with Crippen LogP contribution in [0.2, 0.25) is 0 Å². The number of hydrogen-bond donors (Lipinski definition) is 1. The minimum Gasteiger partial charge on any atom is -0.367 e. The van der Waals surface area contributed by atoms with Crippen molar-refractivity contribution in [2.24, 2.45) is 0 Å². The molecular formula is C14H16N2O. The molecule has 0 saturated heterocycles. The first-order valence-electron chi connectivity index (χ1n) is 6.15. The van der Waals surface area contributed by atoms with Gasteiger partial charge in [0.05, 0.1) is 11.8 Å². The fraction of sp³-hybridized carbons (Fsp3) is 0.357. The Morgan fingerprint density at radius 3 is 2.76 bits per heavy atom. The Morgan fingerprint density at radius 2 is 2.06 bits per heavy atom. The van der Waals surface area contributed by atoms with Gasteiger partial charge in [0.15, 0.2) is 0 Å². The smallest absolute Gasteiger partial charge is 0.229 e. The van der Waals surface area contributed by atoms with Crippen LogP contribution in [0, 0.1) is 0 Å². The minimum atomic E-state index is 0.397. The number of rotatable bonds is 2. The highest BCUT2D eigenvalue weighted by Crippen LogP contribution is 2.36. The van der Waals surface area contributed by atoms with E-state index in [1.807, 2.05) is 0 Å². The van der Waals surface area contributed by atoms with Gasteiger partial charge in [-0.3, -0.25) is 0 Å². The van der Waals surface area contributed by atoms with Gasteiger partial charge < -0.3 is 10.3 Å². The first kappa shape index (κ1) is 10.4. The third kappa shape index (κ3) is 1.93. The second-order valence-electron chi connectivity index (χ2n) is 4.71. The lowest BCUT2D eigenvalue weighted by Crippen LogP contribution is -1.92. The lowest BCUT2D eigenvalue weighted by molar-refractivity contribution is 0.436. The monoisotopic (exact) mass is 228 g/mol. The molecule has 1 aliphatic rings. The minimum absolute atomic E-state index is 0.397. The van der Waals surface area contributed by atoms with Gasteiger partial charge in [0.25, 0.3) is 0 Å². The van der Waals surface area contributed by atoms with Gasteiger partial charge in [-0.15, -0.1) is 0 Å². The predicted octanol–water partition coefficient (Wildman–Crippen LogP) is 3.58. The van der Waals surface area contributed by atoms with Crippen LogP contribution < -0.4 is 5.73 Å². The molecular weight excluding hydrogens is 212 g/mol. The van der Waals surface area contributed by atoms with E-state index in [1.165, 1.54) is 31.2 Å². The number of aromatic nitrogens is 1. The summed E-state index contributed by atoms with van der Waals surface area (Å²) in [6, 6.07) is 8.58. The van der Waals surface area contributed by atoms with Crippen LogP contribution in [0.5, 0.6) is 0 Å². The molecule has 3 rings (SSSR count). The molecule has 3 heteroatoms. The van der Waals surface area contributed by atoms with Crippen LogP contribution in [0.3, 0.4) is 0 Å². The Morgan fingerprint density at radius 1 is 1.24 bits per heavy atom. The van der Waals surface area contributed by atoms with Crippen LogP contribution in [-0.4, -0.2) is 5.16 Å². The standard InChI is InChI=1S/C14H16N2O/c15-14-13(9-16-17-14)12-7-3-6-11(8-12)10-4-1-2-5-10/h3,6-10H,1-2,4-5,15H2. The summed E-state index contributed by atoms with van der Waals surface area (Å²) >= 11 is 0. The van der Waals surface area contributed by atoms with Gasteiger partial charge in [-0.2, -0.15) is 0 Å².